The topological polar surface area (TPSA) is 94.6 Å². The van der Waals surface area contributed by atoms with E-state index in [0.717, 1.165) is 0 Å². The number of amides is 1. The van der Waals surface area contributed by atoms with E-state index in [1.54, 1.807) is 6.92 Å². The van der Waals surface area contributed by atoms with Crippen LogP contribution in [0.5, 0.6) is 5.88 Å². The molecule has 1 heterocycles. The van der Waals surface area contributed by atoms with Gasteiger partial charge in [-0.05, 0) is 13.0 Å². The molecule has 6 nitrogen and oxygen atoms in total. The Hall–Kier alpha value is -1.82. The van der Waals surface area contributed by atoms with E-state index < -0.39 is 5.91 Å². The minimum absolute atomic E-state index is 0.00335. The van der Waals surface area contributed by atoms with Crippen molar-refractivity contribution in [3.63, 3.8) is 0 Å². The number of nitrogens with zero attached hydrogens (tertiary/aromatic N) is 1. The van der Waals surface area contributed by atoms with Crippen LogP contribution in [0.15, 0.2) is 10.9 Å². The molecule has 0 radical (unpaired) electrons. The molecule has 1 amide bonds. The number of nitrogens with two attached hydrogens (primary N) is 1. The SMILES string of the molecule is Cc1cc(C(N)=O)c(OCCO)n(C)c1=O. The summed E-state index contributed by atoms with van der Waals surface area (Å²) in [5, 5.41) is 8.64. The van der Waals surface area contributed by atoms with Crippen LogP contribution in [0.4, 0.5) is 0 Å². The number of rotatable bonds is 4. The van der Waals surface area contributed by atoms with Crippen molar-refractivity contribution in [3.8, 4) is 5.88 Å². The van der Waals surface area contributed by atoms with Crippen molar-refractivity contribution < 1.29 is 14.6 Å². The van der Waals surface area contributed by atoms with E-state index in [4.69, 9.17) is 15.6 Å². The number of aromatic nitrogens is 1. The maximum absolute atomic E-state index is 11.6. The van der Waals surface area contributed by atoms with Gasteiger partial charge in [0, 0.05) is 12.6 Å². The van der Waals surface area contributed by atoms with Gasteiger partial charge in [-0.25, -0.2) is 0 Å². The second-order valence-corrected chi connectivity index (χ2v) is 3.35. The molecule has 88 valence electrons. The summed E-state index contributed by atoms with van der Waals surface area (Å²) in [4.78, 5) is 22.8. The van der Waals surface area contributed by atoms with E-state index in [1.165, 1.54) is 17.7 Å². The number of carbonyl (C=O) groups excluding carboxylic acids is 1. The highest BCUT2D eigenvalue weighted by atomic mass is 16.5. The molecule has 0 fully saturated rings. The Morgan fingerprint density at radius 1 is 1.62 bits per heavy atom. The lowest BCUT2D eigenvalue weighted by Crippen LogP contribution is -2.26. The van der Waals surface area contributed by atoms with Crippen molar-refractivity contribution >= 4 is 5.91 Å². The Balaban J connectivity index is 3.36. The quantitative estimate of drug-likeness (QED) is 0.700. The molecular weight excluding hydrogens is 212 g/mol. The number of carbonyl (C=O) groups is 1. The summed E-state index contributed by atoms with van der Waals surface area (Å²) in [7, 11) is 1.48. The largest absolute Gasteiger partial charge is 0.476 e. The lowest BCUT2D eigenvalue weighted by atomic mass is 10.2. The summed E-state index contributed by atoms with van der Waals surface area (Å²) < 4.78 is 6.33. The summed E-state index contributed by atoms with van der Waals surface area (Å²) in [6.07, 6.45) is 0. The first kappa shape index (κ1) is 12.3. The highest BCUT2D eigenvalue weighted by Crippen LogP contribution is 2.16. The van der Waals surface area contributed by atoms with E-state index >= 15 is 0 Å². The van der Waals surface area contributed by atoms with Gasteiger partial charge in [-0.15, -0.1) is 0 Å². The molecule has 1 aromatic rings. The van der Waals surface area contributed by atoms with Crippen LogP contribution in [0.3, 0.4) is 0 Å². The van der Waals surface area contributed by atoms with Gasteiger partial charge in [0.25, 0.3) is 11.5 Å². The number of ether oxygens (including phenoxy) is 1. The van der Waals surface area contributed by atoms with E-state index in [9.17, 15) is 9.59 Å². The summed E-state index contributed by atoms with van der Waals surface area (Å²) >= 11 is 0. The third kappa shape index (κ3) is 2.22. The number of aryl methyl sites for hydroxylation is 1. The summed E-state index contributed by atoms with van der Waals surface area (Å²) in [5.41, 5.74) is 5.45. The first-order valence-corrected chi connectivity index (χ1v) is 4.73. The predicted molar refractivity (Wildman–Crippen MR) is 57.5 cm³/mol. The number of pyridine rings is 1. The molecule has 0 aliphatic heterocycles. The number of aliphatic hydroxyl groups is 1. The lowest BCUT2D eigenvalue weighted by molar-refractivity contribution is 0.0991. The smallest absolute Gasteiger partial charge is 0.256 e. The number of aliphatic hydroxyl groups excluding tert-OH is 1. The molecule has 0 atom stereocenters. The van der Waals surface area contributed by atoms with Gasteiger partial charge in [-0.2, -0.15) is 0 Å². The average molecular weight is 226 g/mol. The fourth-order valence-electron chi connectivity index (χ4n) is 1.37. The standard InChI is InChI=1S/C10H14N2O4/c1-6-5-7(8(11)14)10(16-4-3-13)12(2)9(6)15/h5,13H,3-4H2,1-2H3,(H2,11,14). The van der Waals surface area contributed by atoms with Crippen molar-refractivity contribution in [1.29, 1.82) is 0 Å². The van der Waals surface area contributed by atoms with Crippen LogP contribution in [0, 0.1) is 6.92 Å². The molecule has 0 aliphatic carbocycles. The molecule has 0 aromatic carbocycles. The second-order valence-electron chi connectivity index (χ2n) is 3.35. The maximum atomic E-state index is 11.6. The van der Waals surface area contributed by atoms with Crippen LogP contribution in [-0.4, -0.2) is 28.8 Å². The molecule has 0 spiro atoms. The molecule has 1 rings (SSSR count). The van der Waals surface area contributed by atoms with Crippen LogP contribution in [-0.2, 0) is 7.05 Å². The van der Waals surface area contributed by atoms with E-state index in [2.05, 4.69) is 0 Å². The van der Waals surface area contributed by atoms with Crippen LogP contribution < -0.4 is 16.0 Å². The molecule has 0 unspecified atom stereocenters. The zero-order valence-corrected chi connectivity index (χ0v) is 9.19. The van der Waals surface area contributed by atoms with Gasteiger partial charge in [0.05, 0.1) is 12.2 Å². The molecule has 6 heteroatoms. The normalized spacial score (nSPS) is 10.2. The van der Waals surface area contributed by atoms with Gasteiger partial charge in [-0.1, -0.05) is 0 Å². The molecule has 0 saturated heterocycles. The number of hydrogen-bond donors (Lipinski definition) is 2. The van der Waals surface area contributed by atoms with Crippen LogP contribution in [0.25, 0.3) is 0 Å². The van der Waals surface area contributed by atoms with E-state index in [1.807, 2.05) is 0 Å². The highest BCUT2D eigenvalue weighted by Gasteiger charge is 2.15. The van der Waals surface area contributed by atoms with Gasteiger partial charge in [0.15, 0.2) is 0 Å². The van der Waals surface area contributed by atoms with Gasteiger partial charge >= 0.3 is 0 Å². The van der Waals surface area contributed by atoms with E-state index in [-0.39, 0.29) is 30.2 Å². The third-order valence-corrected chi connectivity index (χ3v) is 2.13. The molecule has 0 bridgehead atoms. The van der Waals surface area contributed by atoms with Crippen molar-refractivity contribution in [3.05, 3.63) is 27.5 Å². The van der Waals surface area contributed by atoms with Gasteiger partial charge in [0.1, 0.15) is 6.61 Å². The number of primary amides is 1. The zero-order valence-electron chi connectivity index (χ0n) is 9.19. The molecule has 1 aromatic heterocycles. The summed E-state index contributed by atoms with van der Waals surface area (Å²) in [6.45, 7) is 1.38. The van der Waals surface area contributed by atoms with Gasteiger partial charge < -0.3 is 15.6 Å². The van der Waals surface area contributed by atoms with Crippen LogP contribution >= 0.6 is 0 Å². The molecule has 0 aliphatic rings. The second kappa shape index (κ2) is 4.80. The van der Waals surface area contributed by atoms with Crippen molar-refractivity contribution in [2.75, 3.05) is 13.2 Å². The van der Waals surface area contributed by atoms with E-state index in [0.29, 0.717) is 5.56 Å². The fourth-order valence-corrected chi connectivity index (χ4v) is 1.37. The minimum atomic E-state index is -0.674. The number of hydrogen-bond acceptors (Lipinski definition) is 4. The Labute approximate surface area is 92.3 Å². The third-order valence-electron chi connectivity index (χ3n) is 2.13. The first-order chi connectivity index (χ1) is 7.49. The predicted octanol–water partition coefficient (Wildman–Crippen LogP) is -0.836. The van der Waals surface area contributed by atoms with Crippen LogP contribution in [0.2, 0.25) is 0 Å². The average Bonchev–Trinajstić information content (AvgIpc) is 2.24. The monoisotopic (exact) mass is 226 g/mol. The first-order valence-electron chi connectivity index (χ1n) is 4.73. The lowest BCUT2D eigenvalue weighted by Gasteiger charge is -2.13. The van der Waals surface area contributed by atoms with Crippen molar-refractivity contribution in [2.45, 2.75) is 6.92 Å². The maximum Gasteiger partial charge on any atom is 0.256 e. The van der Waals surface area contributed by atoms with Gasteiger partial charge in [-0.3, -0.25) is 14.2 Å². The minimum Gasteiger partial charge on any atom is -0.476 e. The molecule has 0 saturated carbocycles. The summed E-state index contributed by atoms with van der Waals surface area (Å²) in [5.74, 6) is -0.594. The Morgan fingerprint density at radius 2 is 2.25 bits per heavy atom. The summed E-state index contributed by atoms with van der Waals surface area (Å²) in [6, 6.07) is 1.39. The molecule has 16 heavy (non-hydrogen) atoms. The fraction of sp³-hybridized carbons (Fsp3) is 0.400. The Kier molecular flexibility index (Phi) is 3.68. The molecular formula is C10H14N2O4. The highest BCUT2D eigenvalue weighted by molar-refractivity contribution is 5.95. The van der Waals surface area contributed by atoms with Gasteiger partial charge in [0.2, 0.25) is 5.88 Å². The zero-order chi connectivity index (χ0) is 12.3. The van der Waals surface area contributed by atoms with Crippen LogP contribution in [0.1, 0.15) is 15.9 Å². The molecule has 3 N–H and O–H groups in total. The Morgan fingerprint density at radius 3 is 2.75 bits per heavy atom. The van der Waals surface area contributed by atoms with Crippen molar-refractivity contribution in [2.24, 2.45) is 12.8 Å². The Bertz CT molecular complexity index is 465. The van der Waals surface area contributed by atoms with Crippen molar-refractivity contribution in [1.82, 2.24) is 4.57 Å².